The maximum atomic E-state index is 11.9. The summed E-state index contributed by atoms with van der Waals surface area (Å²) in [5.41, 5.74) is 1.30. The Morgan fingerprint density at radius 3 is 2.80 bits per heavy atom. The largest absolute Gasteiger partial charge is 0.481 e. The molecular formula is C15H23BrN2O2. The van der Waals surface area contributed by atoms with E-state index >= 15 is 0 Å². The summed E-state index contributed by atoms with van der Waals surface area (Å²) in [5.74, 6) is -0.116. The van der Waals surface area contributed by atoms with Crippen molar-refractivity contribution in [3.05, 3.63) is 15.9 Å². The van der Waals surface area contributed by atoms with Gasteiger partial charge in [-0.1, -0.05) is 26.2 Å². The van der Waals surface area contributed by atoms with Crippen LogP contribution in [-0.2, 0) is 18.3 Å². The lowest BCUT2D eigenvalue weighted by atomic mass is 9.66. The van der Waals surface area contributed by atoms with Crippen LogP contribution in [0.5, 0.6) is 0 Å². The molecule has 1 aliphatic rings. The van der Waals surface area contributed by atoms with Crippen molar-refractivity contribution >= 4 is 21.9 Å². The standard InChI is InChI=1S/C15H23BrN2O2/c1-4-11-6-5-7-15(8-11,14(19)20)9-12-13(16)10(2)17-18(12)3/h11H,4-9H2,1-3H3,(H,19,20). The molecule has 20 heavy (non-hydrogen) atoms. The molecule has 2 atom stereocenters. The van der Waals surface area contributed by atoms with Gasteiger partial charge in [-0.15, -0.1) is 0 Å². The number of nitrogens with zero attached hydrogens (tertiary/aromatic N) is 2. The molecule has 1 fully saturated rings. The van der Waals surface area contributed by atoms with Crippen molar-refractivity contribution in [2.24, 2.45) is 18.4 Å². The van der Waals surface area contributed by atoms with Gasteiger partial charge in [0.05, 0.1) is 21.3 Å². The summed E-state index contributed by atoms with van der Waals surface area (Å²) < 4.78 is 2.78. The molecule has 0 saturated heterocycles. The van der Waals surface area contributed by atoms with E-state index in [-0.39, 0.29) is 0 Å². The molecule has 1 heterocycles. The summed E-state index contributed by atoms with van der Waals surface area (Å²) in [4.78, 5) is 11.9. The van der Waals surface area contributed by atoms with Crippen LogP contribution in [0.3, 0.4) is 0 Å². The summed E-state index contributed by atoms with van der Waals surface area (Å²) in [6.07, 6.45) is 5.37. The van der Waals surface area contributed by atoms with E-state index in [1.807, 2.05) is 18.7 Å². The summed E-state index contributed by atoms with van der Waals surface area (Å²) in [7, 11) is 1.89. The van der Waals surface area contributed by atoms with Crippen molar-refractivity contribution in [2.75, 3.05) is 0 Å². The van der Waals surface area contributed by atoms with Gasteiger partial charge in [-0.05, 0) is 41.6 Å². The maximum Gasteiger partial charge on any atom is 0.310 e. The molecule has 2 unspecified atom stereocenters. The normalized spacial score (nSPS) is 26.7. The Balaban J connectivity index is 2.32. The number of aliphatic carboxylic acids is 1. The Morgan fingerprint density at radius 2 is 2.30 bits per heavy atom. The van der Waals surface area contributed by atoms with Crippen LogP contribution >= 0.6 is 15.9 Å². The molecule has 0 spiro atoms. The zero-order valence-electron chi connectivity index (χ0n) is 12.4. The van der Waals surface area contributed by atoms with Crippen molar-refractivity contribution in [2.45, 2.75) is 52.4 Å². The van der Waals surface area contributed by atoms with E-state index in [4.69, 9.17) is 0 Å². The number of carboxylic acids is 1. The van der Waals surface area contributed by atoms with Crippen molar-refractivity contribution in [3.63, 3.8) is 0 Å². The second-order valence-corrected chi connectivity index (χ2v) is 6.90. The fourth-order valence-electron chi connectivity index (χ4n) is 3.46. The molecule has 0 radical (unpaired) electrons. The van der Waals surface area contributed by atoms with Gasteiger partial charge in [0.2, 0.25) is 0 Å². The number of hydrogen-bond donors (Lipinski definition) is 1. The molecule has 1 aromatic rings. The average molecular weight is 343 g/mol. The van der Waals surface area contributed by atoms with Crippen LogP contribution in [0.25, 0.3) is 0 Å². The molecule has 1 saturated carbocycles. The van der Waals surface area contributed by atoms with Gasteiger partial charge in [-0.2, -0.15) is 5.10 Å². The Morgan fingerprint density at radius 1 is 1.60 bits per heavy atom. The van der Waals surface area contributed by atoms with E-state index in [1.165, 1.54) is 0 Å². The molecule has 0 aliphatic heterocycles. The van der Waals surface area contributed by atoms with Gasteiger partial charge < -0.3 is 5.11 Å². The van der Waals surface area contributed by atoms with Crippen LogP contribution in [0.2, 0.25) is 0 Å². The fraction of sp³-hybridized carbons (Fsp3) is 0.733. The minimum absolute atomic E-state index is 0.535. The molecule has 2 rings (SSSR count). The van der Waals surface area contributed by atoms with Gasteiger partial charge in [-0.3, -0.25) is 9.48 Å². The number of carboxylic acid groups (broad SMARTS) is 1. The first-order chi connectivity index (χ1) is 9.39. The Labute approximate surface area is 128 Å². The van der Waals surface area contributed by atoms with Crippen LogP contribution in [-0.4, -0.2) is 20.9 Å². The van der Waals surface area contributed by atoms with Crippen LogP contribution in [0.15, 0.2) is 4.47 Å². The lowest BCUT2D eigenvalue weighted by Crippen LogP contribution is -2.39. The first kappa shape index (κ1) is 15.5. The molecule has 4 nitrogen and oxygen atoms in total. The monoisotopic (exact) mass is 342 g/mol. The van der Waals surface area contributed by atoms with Crippen molar-refractivity contribution < 1.29 is 9.90 Å². The van der Waals surface area contributed by atoms with E-state index in [0.717, 1.165) is 48.0 Å². The van der Waals surface area contributed by atoms with Crippen molar-refractivity contribution in [1.82, 2.24) is 9.78 Å². The highest BCUT2D eigenvalue weighted by Gasteiger charge is 2.43. The van der Waals surface area contributed by atoms with Crippen molar-refractivity contribution in [3.8, 4) is 0 Å². The van der Waals surface area contributed by atoms with Crippen LogP contribution in [0.1, 0.15) is 50.4 Å². The smallest absolute Gasteiger partial charge is 0.310 e. The Kier molecular flexibility index (Phi) is 4.57. The lowest BCUT2D eigenvalue weighted by molar-refractivity contribution is -0.152. The summed E-state index contributed by atoms with van der Waals surface area (Å²) in [6, 6.07) is 0. The quantitative estimate of drug-likeness (QED) is 0.907. The van der Waals surface area contributed by atoms with Crippen LogP contribution in [0, 0.1) is 18.3 Å². The number of halogens is 1. The van der Waals surface area contributed by atoms with E-state index in [2.05, 4.69) is 28.0 Å². The predicted molar refractivity (Wildman–Crippen MR) is 81.7 cm³/mol. The van der Waals surface area contributed by atoms with E-state index in [1.54, 1.807) is 0 Å². The summed E-state index contributed by atoms with van der Waals surface area (Å²) >= 11 is 3.56. The summed E-state index contributed by atoms with van der Waals surface area (Å²) in [6.45, 7) is 4.10. The average Bonchev–Trinajstić information content (AvgIpc) is 2.65. The highest BCUT2D eigenvalue weighted by atomic mass is 79.9. The van der Waals surface area contributed by atoms with Gasteiger partial charge in [-0.25, -0.2) is 0 Å². The Bertz CT molecular complexity index is 512. The molecule has 5 heteroatoms. The number of hydrogen-bond acceptors (Lipinski definition) is 2. The highest BCUT2D eigenvalue weighted by molar-refractivity contribution is 9.10. The second-order valence-electron chi connectivity index (χ2n) is 6.10. The van der Waals surface area contributed by atoms with Crippen molar-refractivity contribution in [1.29, 1.82) is 0 Å². The van der Waals surface area contributed by atoms with E-state index in [0.29, 0.717) is 12.3 Å². The predicted octanol–water partition coefficient (Wildman–Crippen LogP) is 3.70. The topological polar surface area (TPSA) is 55.1 Å². The van der Waals surface area contributed by atoms with Crippen LogP contribution < -0.4 is 0 Å². The summed E-state index contributed by atoms with van der Waals surface area (Å²) in [5, 5.41) is 14.2. The third kappa shape index (κ3) is 2.78. The third-order valence-corrected chi connectivity index (χ3v) is 5.78. The van der Waals surface area contributed by atoms with Gasteiger partial charge in [0.1, 0.15) is 0 Å². The molecule has 0 amide bonds. The first-order valence-corrected chi connectivity index (χ1v) is 8.10. The Hall–Kier alpha value is -0.840. The fourth-order valence-corrected chi connectivity index (χ4v) is 3.93. The minimum atomic E-state index is -0.651. The molecule has 0 bridgehead atoms. The van der Waals surface area contributed by atoms with Gasteiger partial charge in [0.15, 0.2) is 0 Å². The first-order valence-electron chi connectivity index (χ1n) is 7.31. The van der Waals surface area contributed by atoms with Gasteiger partial charge >= 0.3 is 5.97 Å². The minimum Gasteiger partial charge on any atom is -0.481 e. The molecule has 112 valence electrons. The lowest BCUT2D eigenvalue weighted by Gasteiger charge is -2.37. The molecule has 1 N–H and O–H groups in total. The maximum absolute atomic E-state index is 11.9. The zero-order valence-corrected chi connectivity index (χ0v) is 14.0. The second kappa shape index (κ2) is 5.88. The molecular weight excluding hydrogens is 320 g/mol. The van der Waals surface area contributed by atoms with E-state index in [9.17, 15) is 9.90 Å². The zero-order chi connectivity index (χ0) is 14.9. The SMILES string of the molecule is CCC1CCCC(Cc2c(Br)c(C)nn2C)(C(=O)O)C1. The van der Waals surface area contributed by atoms with Gasteiger partial charge in [0, 0.05) is 13.5 Å². The number of carbonyl (C=O) groups is 1. The van der Waals surface area contributed by atoms with Gasteiger partial charge in [0.25, 0.3) is 0 Å². The number of aryl methyl sites for hydroxylation is 2. The molecule has 1 aromatic heterocycles. The number of aromatic nitrogens is 2. The third-order valence-electron chi connectivity index (χ3n) is 4.75. The van der Waals surface area contributed by atoms with E-state index < -0.39 is 11.4 Å². The molecule has 1 aliphatic carbocycles. The number of rotatable bonds is 4. The highest BCUT2D eigenvalue weighted by Crippen LogP contribution is 2.44. The molecule has 0 aromatic carbocycles. The van der Waals surface area contributed by atoms with Crippen LogP contribution in [0.4, 0.5) is 0 Å².